The minimum absolute atomic E-state index is 0.00604. The van der Waals surface area contributed by atoms with Crippen LogP contribution in [0.4, 0.5) is 0 Å². The van der Waals surface area contributed by atoms with Gasteiger partial charge < -0.3 is 4.42 Å². The molecule has 40 heavy (non-hydrogen) atoms. The summed E-state index contributed by atoms with van der Waals surface area (Å²) in [6.45, 7) is 37.3. The Morgan fingerprint density at radius 1 is 0.975 bits per heavy atom. The first kappa shape index (κ1) is 28.7. The van der Waals surface area contributed by atoms with Crippen LogP contribution in [0.15, 0.2) is 81.9 Å². The molecule has 0 amide bonds. The summed E-state index contributed by atoms with van der Waals surface area (Å²) >= 11 is 0. The molecule has 0 saturated heterocycles. The van der Waals surface area contributed by atoms with Crippen LogP contribution in [0.2, 0.25) is 0 Å². The molecule has 0 radical (unpaired) electrons. The second kappa shape index (κ2) is 9.10. The van der Waals surface area contributed by atoms with E-state index in [4.69, 9.17) is 17.6 Å². The topological polar surface area (TPSA) is 13.1 Å². The van der Waals surface area contributed by atoms with Gasteiger partial charge in [0.1, 0.15) is 11.5 Å². The first-order valence-corrected chi connectivity index (χ1v) is 15.1. The van der Waals surface area contributed by atoms with E-state index >= 15 is 0 Å². The smallest absolute Gasteiger partial charge is 0.134 e. The Labute approximate surface area is 243 Å². The molecule has 1 aromatic heterocycles. The van der Waals surface area contributed by atoms with Crippen LogP contribution in [-0.4, -0.2) is 0 Å². The van der Waals surface area contributed by atoms with Crippen molar-refractivity contribution in [2.24, 2.45) is 21.7 Å². The molecular weight excluding hydrogens is 484 g/mol. The van der Waals surface area contributed by atoms with E-state index in [0.717, 1.165) is 49.2 Å². The lowest BCUT2D eigenvalue weighted by Gasteiger charge is -2.62. The van der Waals surface area contributed by atoms with Crippen LogP contribution < -0.4 is 0 Å². The van der Waals surface area contributed by atoms with Gasteiger partial charge >= 0.3 is 0 Å². The van der Waals surface area contributed by atoms with Gasteiger partial charge in [-0.1, -0.05) is 90.1 Å². The number of aryl methyl sites for hydroxylation is 2. The van der Waals surface area contributed by atoms with Crippen molar-refractivity contribution in [2.75, 3.05) is 0 Å². The highest BCUT2D eigenvalue weighted by molar-refractivity contribution is 5.89. The number of rotatable bonds is 4. The molecule has 3 aliphatic carbocycles. The molecule has 1 nitrogen and oxygen atoms in total. The number of furan rings is 1. The number of hydrogen-bond donors (Lipinski definition) is 0. The standard InChI is InChI=1S/C39H50O/c1-23(2)33-25(4)20-38(12)22-37(11)21-31-30(32-17-15-29(40-32)18-19-36(8,9)10)16-14-24(3)34(31)26(5)35(37)28(7)39(38,13)27(33)6/h14-17H,1,5-6,18-22H2,2-4,7-13H3/t37-,38+,39-/m1/s1. The Morgan fingerprint density at radius 2 is 1.65 bits per heavy atom. The van der Waals surface area contributed by atoms with Crippen LogP contribution in [-0.2, 0) is 12.8 Å². The molecule has 1 aromatic carbocycles. The van der Waals surface area contributed by atoms with Gasteiger partial charge in [-0.05, 0) is 121 Å². The molecule has 3 aliphatic rings. The van der Waals surface area contributed by atoms with Crippen molar-refractivity contribution >= 4 is 5.57 Å². The van der Waals surface area contributed by atoms with E-state index in [-0.39, 0.29) is 21.7 Å². The Hall–Kier alpha value is -2.80. The highest BCUT2D eigenvalue weighted by Gasteiger charge is 2.59. The van der Waals surface area contributed by atoms with Crippen molar-refractivity contribution in [1.29, 1.82) is 0 Å². The van der Waals surface area contributed by atoms with E-state index in [9.17, 15) is 0 Å². The zero-order valence-corrected chi connectivity index (χ0v) is 26.9. The lowest BCUT2D eigenvalue weighted by Crippen LogP contribution is -2.52. The van der Waals surface area contributed by atoms with E-state index < -0.39 is 0 Å². The predicted octanol–water partition coefficient (Wildman–Crippen LogP) is 11.4. The average molecular weight is 535 g/mol. The van der Waals surface area contributed by atoms with E-state index in [1.54, 1.807) is 0 Å². The predicted molar refractivity (Wildman–Crippen MR) is 172 cm³/mol. The molecule has 1 heterocycles. The Kier molecular flexibility index (Phi) is 6.53. The van der Waals surface area contributed by atoms with Crippen molar-refractivity contribution in [2.45, 2.75) is 101 Å². The maximum atomic E-state index is 6.51. The summed E-state index contributed by atoms with van der Waals surface area (Å²) in [6, 6.07) is 8.90. The maximum Gasteiger partial charge on any atom is 0.134 e. The van der Waals surface area contributed by atoms with Crippen LogP contribution in [0.1, 0.15) is 104 Å². The average Bonchev–Trinajstić information content (AvgIpc) is 3.28. The van der Waals surface area contributed by atoms with Crippen molar-refractivity contribution in [1.82, 2.24) is 0 Å². The minimum Gasteiger partial charge on any atom is -0.461 e. The molecule has 0 bridgehead atoms. The zero-order valence-electron chi connectivity index (χ0n) is 26.9. The van der Waals surface area contributed by atoms with Gasteiger partial charge in [-0.2, -0.15) is 0 Å². The third kappa shape index (κ3) is 4.10. The third-order valence-electron chi connectivity index (χ3n) is 10.9. The normalized spacial score (nSPS) is 28.4. The number of hydrogen-bond acceptors (Lipinski definition) is 1. The molecule has 0 unspecified atom stereocenters. The van der Waals surface area contributed by atoms with E-state index in [0.29, 0.717) is 0 Å². The monoisotopic (exact) mass is 534 g/mol. The Bertz CT molecular complexity index is 1520. The second-order valence-electron chi connectivity index (χ2n) is 15.3. The lowest BCUT2D eigenvalue weighted by molar-refractivity contribution is 0.0544. The summed E-state index contributed by atoms with van der Waals surface area (Å²) in [5.41, 5.74) is 14.7. The highest BCUT2D eigenvalue weighted by atomic mass is 16.3. The zero-order chi connectivity index (χ0) is 29.6. The number of fused-ring (bicyclic) bond motifs is 3. The SMILES string of the molecule is C=C(C)C1=C(C)C[C@@]2(C)C[C@@]3(C)Cc4c(-c5ccc(CCC(C)(C)C)o5)ccc(C)c4C(=C)C3=C(C)[C@@]2(C)C1=C. The Balaban J connectivity index is 1.65. The van der Waals surface area contributed by atoms with Crippen molar-refractivity contribution in [3.05, 3.63) is 99.9 Å². The molecule has 1 heteroatoms. The summed E-state index contributed by atoms with van der Waals surface area (Å²) in [5.74, 6) is 2.07. The van der Waals surface area contributed by atoms with Gasteiger partial charge in [-0.3, -0.25) is 0 Å². The van der Waals surface area contributed by atoms with Crippen LogP contribution in [0, 0.1) is 28.6 Å². The molecule has 5 rings (SSSR count). The number of allylic oxidation sites excluding steroid dienone is 7. The van der Waals surface area contributed by atoms with Gasteiger partial charge in [-0.15, -0.1) is 0 Å². The summed E-state index contributed by atoms with van der Waals surface area (Å²) in [7, 11) is 0. The summed E-state index contributed by atoms with van der Waals surface area (Å²) < 4.78 is 6.51. The molecule has 3 atom stereocenters. The first-order valence-electron chi connectivity index (χ1n) is 15.1. The fourth-order valence-electron chi connectivity index (χ4n) is 8.93. The largest absolute Gasteiger partial charge is 0.461 e. The van der Waals surface area contributed by atoms with E-state index in [2.05, 4.69) is 100 Å². The molecule has 0 aliphatic heterocycles. The molecule has 0 N–H and O–H groups in total. The van der Waals surface area contributed by atoms with E-state index in [1.165, 1.54) is 55.7 Å². The third-order valence-corrected chi connectivity index (χ3v) is 10.9. The van der Waals surface area contributed by atoms with Gasteiger partial charge in [0.05, 0.1) is 0 Å². The van der Waals surface area contributed by atoms with Crippen LogP contribution in [0.5, 0.6) is 0 Å². The molecular formula is C39H50O. The van der Waals surface area contributed by atoms with Gasteiger partial charge in [0.2, 0.25) is 0 Å². The first-order chi connectivity index (χ1) is 18.4. The highest BCUT2D eigenvalue weighted by Crippen LogP contribution is 2.70. The minimum atomic E-state index is -0.134. The van der Waals surface area contributed by atoms with Crippen molar-refractivity contribution in [3.8, 4) is 11.3 Å². The Morgan fingerprint density at radius 3 is 2.27 bits per heavy atom. The summed E-state index contributed by atoms with van der Waals surface area (Å²) in [4.78, 5) is 0. The van der Waals surface area contributed by atoms with Crippen LogP contribution in [0.3, 0.4) is 0 Å². The lowest BCUT2D eigenvalue weighted by atomic mass is 9.41. The fraction of sp³-hybridized carbons (Fsp3) is 0.487. The summed E-state index contributed by atoms with van der Waals surface area (Å²) in [6.07, 6.45) is 5.24. The summed E-state index contributed by atoms with van der Waals surface area (Å²) in [5, 5.41) is 0. The molecule has 0 fully saturated rings. The van der Waals surface area contributed by atoms with E-state index in [1.807, 2.05) is 0 Å². The molecule has 0 saturated carbocycles. The second-order valence-corrected chi connectivity index (χ2v) is 15.3. The van der Waals surface area contributed by atoms with Crippen molar-refractivity contribution in [3.63, 3.8) is 0 Å². The van der Waals surface area contributed by atoms with Crippen LogP contribution in [0.25, 0.3) is 16.9 Å². The number of benzene rings is 1. The molecule has 2 aromatic rings. The van der Waals surface area contributed by atoms with Gasteiger partial charge in [0.25, 0.3) is 0 Å². The maximum absolute atomic E-state index is 6.51. The van der Waals surface area contributed by atoms with Gasteiger partial charge in [0.15, 0.2) is 0 Å². The fourth-order valence-corrected chi connectivity index (χ4v) is 8.93. The van der Waals surface area contributed by atoms with Crippen molar-refractivity contribution < 1.29 is 4.42 Å². The molecule has 0 spiro atoms. The molecule has 212 valence electrons. The van der Waals surface area contributed by atoms with Crippen LogP contribution >= 0.6 is 0 Å². The van der Waals surface area contributed by atoms with Gasteiger partial charge in [-0.25, -0.2) is 0 Å². The van der Waals surface area contributed by atoms with Gasteiger partial charge in [0, 0.05) is 17.4 Å². The quantitative estimate of drug-likeness (QED) is 0.380.